The van der Waals surface area contributed by atoms with Crippen LogP contribution in [0.25, 0.3) is 10.8 Å². The SMILES string of the molecule is CCc1cc2cccc(Cl)c2c(=O)n1CCN1CCCC1. The molecule has 3 rings (SSSR count). The lowest BCUT2D eigenvalue weighted by Crippen LogP contribution is -2.31. The van der Waals surface area contributed by atoms with Gasteiger partial charge in [0.2, 0.25) is 0 Å². The van der Waals surface area contributed by atoms with E-state index in [0.29, 0.717) is 10.4 Å². The van der Waals surface area contributed by atoms with E-state index in [1.54, 1.807) is 6.07 Å². The van der Waals surface area contributed by atoms with Gasteiger partial charge in [-0.25, -0.2) is 0 Å². The van der Waals surface area contributed by atoms with Crippen molar-refractivity contribution in [1.29, 1.82) is 0 Å². The number of hydrogen-bond donors (Lipinski definition) is 0. The Morgan fingerprint density at radius 3 is 2.67 bits per heavy atom. The van der Waals surface area contributed by atoms with Gasteiger partial charge in [-0.05, 0) is 49.9 Å². The molecule has 0 radical (unpaired) electrons. The maximum absolute atomic E-state index is 12.8. The van der Waals surface area contributed by atoms with E-state index in [4.69, 9.17) is 11.6 Å². The Morgan fingerprint density at radius 1 is 1.19 bits per heavy atom. The number of rotatable bonds is 4. The summed E-state index contributed by atoms with van der Waals surface area (Å²) in [6, 6.07) is 7.76. The second-order valence-corrected chi connectivity index (χ2v) is 6.11. The van der Waals surface area contributed by atoms with Crippen molar-refractivity contribution in [3.63, 3.8) is 0 Å². The molecule has 1 aromatic heterocycles. The van der Waals surface area contributed by atoms with Gasteiger partial charge in [0.1, 0.15) is 0 Å². The molecule has 0 spiro atoms. The van der Waals surface area contributed by atoms with Crippen LogP contribution in [0, 0.1) is 0 Å². The average Bonchev–Trinajstić information content (AvgIpc) is 2.99. The summed E-state index contributed by atoms with van der Waals surface area (Å²) in [5, 5.41) is 2.15. The topological polar surface area (TPSA) is 25.2 Å². The molecule has 1 aliphatic heterocycles. The molecular weight excluding hydrogens is 284 g/mol. The van der Waals surface area contributed by atoms with E-state index in [1.807, 2.05) is 16.7 Å². The van der Waals surface area contributed by atoms with Crippen molar-refractivity contribution in [3.8, 4) is 0 Å². The van der Waals surface area contributed by atoms with Gasteiger partial charge in [0.05, 0.1) is 10.4 Å². The normalized spacial score (nSPS) is 15.9. The molecule has 1 aromatic carbocycles. The van der Waals surface area contributed by atoms with Crippen LogP contribution < -0.4 is 5.56 Å². The second-order valence-electron chi connectivity index (χ2n) is 5.70. The highest BCUT2D eigenvalue weighted by atomic mass is 35.5. The number of halogens is 1. The minimum atomic E-state index is 0.0501. The molecule has 0 atom stereocenters. The lowest BCUT2D eigenvalue weighted by molar-refractivity contribution is 0.319. The molecule has 112 valence electrons. The van der Waals surface area contributed by atoms with Crippen LogP contribution in [0.5, 0.6) is 0 Å². The molecule has 2 aromatic rings. The van der Waals surface area contributed by atoms with Crippen LogP contribution in [0.4, 0.5) is 0 Å². The monoisotopic (exact) mass is 304 g/mol. The Hall–Kier alpha value is -1.32. The van der Waals surface area contributed by atoms with Crippen LogP contribution in [-0.4, -0.2) is 29.1 Å². The van der Waals surface area contributed by atoms with Gasteiger partial charge >= 0.3 is 0 Å². The lowest BCUT2D eigenvalue weighted by atomic mass is 10.1. The lowest BCUT2D eigenvalue weighted by Gasteiger charge is -2.18. The average molecular weight is 305 g/mol. The highest BCUT2D eigenvalue weighted by Crippen LogP contribution is 2.21. The van der Waals surface area contributed by atoms with E-state index in [1.165, 1.54) is 12.8 Å². The van der Waals surface area contributed by atoms with Crippen LogP contribution in [0.1, 0.15) is 25.5 Å². The maximum atomic E-state index is 12.8. The fourth-order valence-electron chi connectivity index (χ4n) is 3.20. The number of aromatic nitrogens is 1. The molecule has 0 amide bonds. The maximum Gasteiger partial charge on any atom is 0.260 e. The molecule has 0 unspecified atom stereocenters. The third-order valence-corrected chi connectivity index (χ3v) is 4.69. The summed E-state index contributed by atoms with van der Waals surface area (Å²) in [5.41, 5.74) is 1.14. The van der Waals surface area contributed by atoms with Gasteiger partial charge in [-0.15, -0.1) is 0 Å². The number of fused-ring (bicyclic) bond motifs is 1. The van der Waals surface area contributed by atoms with Gasteiger partial charge in [-0.2, -0.15) is 0 Å². The Kier molecular flexibility index (Phi) is 4.32. The largest absolute Gasteiger partial charge is 0.311 e. The molecule has 0 aliphatic carbocycles. The highest BCUT2D eigenvalue weighted by Gasteiger charge is 2.14. The number of pyridine rings is 1. The highest BCUT2D eigenvalue weighted by molar-refractivity contribution is 6.35. The van der Waals surface area contributed by atoms with E-state index in [2.05, 4.69) is 17.9 Å². The van der Waals surface area contributed by atoms with E-state index >= 15 is 0 Å². The number of benzene rings is 1. The van der Waals surface area contributed by atoms with Crippen LogP contribution in [0.15, 0.2) is 29.1 Å². The Bertz CT molecular complexity index is 702. The Balaban J connectivity index is 2.01. The van der Waals surface area contributed by atoms with Crippen molar-refractivity contribution >= 4 is 22.4 Å². The van der Waals surface area contributed by atoms with Crippen LogP contribution in [0.2, 0.25) is 5.02 Å². The first-order chi connectivity index (χ1) is 10.2. The summed E-state index contributed by atoms with van der Waals surface area (Å²) in [7, 11) is 0. The molecule has 2 heterocycles. The van der Waals surface area contributed by atoms with E-state index in [0.717, 1.165) is 43.7 Å². The van der Waals surface area contributed by atoms with Crippen LogP contribution in [0.3, 0.4) is 0 Å². The first-order valence-corrected chi connectivity index (χ1v) is 8.12. The van der Waals surface area contributed by atoms with Crippen LogP contribution >= 0.6 is 11.6 Å². The Labute approximate surface area is 130 Å². The first kappa shape index (κ1) is 14.6. The predicted molar refractivity (Wildman–Crippen MR) is 88.3 cm³/mol. The molecule has 3 nitrogen and oxygen atoms in total. The standard InChI is InChI=1S/C17H21ClN2O/c1-2-14-12-13-6-5-7-15(18)16(13)17(21)20(14)11-10-19-8-3-4-9-19/h5-7,12H,2-4,8-11H2,1H3. The first-order valence-electron chi connectivity index (χ1n) is 7.74. The van der Waals surface area contributed by atoms with Gasteiger partial charge in [0.15, 0.2) is 0 Å². The summed E-state index contributed by atoms with van der Waals surface area (Å²) in [6.45, 7) is 6.11. The summed E-state index contributed by atoms with van der Waals surface area (Å²) in [6.07, 6.45) is 3.41. The smallest absolute Gasteiger partial charge is 0.260 e. The van der Waals surface area contributed by atoms with Crippen molar-refractivity contribution in [2.24, 2.45) is 0 Å². The zero-order valence-electron chi connectivity index (χ0n) is 12.4. The predicted octanol–water partition coefficient (Wildman–Crippen LogP) is 3.31. The van der Waals surface area contributed by atoms with Gasteiger partial charge in [0.25, 0.3) is 5.56 Å². The number of likely N-dealkylation sites (tertiary alicyclic amines) is 1. The molecule has 1 aliphatic rings. The molecule has 0 bridgehead atoms. The van der Waals surface area contributed by atoms with Gasteiger partial charge in [-0.1, -0.05) is 30.7 Å². The third kappa shape index (κ3) is 2.85. The van der Waals surface area contributed by atoms with E-state index < -0.39 is 0 Å². The fourth-order valence-corrected chi connectivity index (χ4v) is 3.46. The van der Waals surface area contributed by atoms with Crippen LogP contribution in [-0.2, 0) is 13.0 Å². The second kappa shape index (κ2) is 6.20. The molecule has 0 N–H and O–H groups in total. The summed E-state index contributed by atoms with van der Waals surface area (Å²) >= 11 is 6.23. The molecule has 1 saturated heterocycles. The number of nitrogens with zero attached hydrogens (tertiary/aromatic N) is 2. The van der Waals surface area contributed by atoms with E-state index in [-0.39, 0.29) is 5.56 Å². The molecular formula is C17H21ClN2O. The zero-order valence-corrected chi connectivity index (χ0v) is 13.2. The minimum Gasteiger partial charge on any atom is -0.311 e. The molecule has 0 saturated carbocycles. The van der Waals surface area contributed by atoms with Crippen molar-refractivity contribution in [2.45, 2.75) is 32.7 Å². The summed E-state index contributed by atoms with van der Waals surface area (Å²) < 4.78 is 1.91. The van der Waals surface area contributed by atoms with Gasteiger partial charge in [-0.3, -0.25) is 4.79 Å². The summed E-state index contributed by atoms with van der Waals surface area (Å²) in [5.74, 6) is 0. The van der Waals surface area contributed by atoms with Gasteiger partial charge < -0.3 is 9.47 Å². The molecule has 21 heavy (non-hydrogen) atoms. The third-order valence-electron chi connectivity index (χ3n) is 4.37. The zero-order chi connectivity index (χ0) is 14.8. The fraction of sp³-hybridized carbons (Fsp3) is 0.471. The quantitative estimate of drug-likeness (QED) is 0.866. The number of aryl methyl sites for hydroxylation is 1. The minimum absolute atomic E-state index is 0.0501. The van der Waals surface area contributed by atoms with Crippen molar-refractivity contribution in [1.82, 2.24) is 9.47 Å². The van der Waals surface area contributed by atoms with Crippen molar-refractivity contribution in [2.75, 3.05) is 19.6 Å². The summed E-state index contributed by atoms with van der Waals surface area (Å²) in [4.78, 5) is 15.2. The number of hydrogen-bond acceptors (Lipinski definition) is 2. The van der Waals surface area contributed by atoms with Gasteiger partial charge in [0, 0.05) is 18.8 Å². The van der Waals surface area contributed by atoms with Crippen molar-refractivity contribution in [3.05, 3.63) is 45.3 Å². The Morgan fingerprint density at radius 2 is 1.95 bits per heavy atom. The van der Waals surface area contributed by atoms with Crippen molar-refractivity contribution < 1.29 is 0 Å². The molecule has 4 heteroatoms. The molecule has 1 fully saturated rings. The van der Waals surface area contributed by atoms with E-state index in [9.17, 15) is 4.79 Å².